The van der Waals surface area contributed by atoms with Gasteiger partial charge in [0.15, 0.2) is 0 Å². The quantitative estimate of drug-likeness (QED) is 0.385. The van der Waals surface area contributed by atoms with Crippen LogP contribution >= 0.6 is 0 Å². The zero-order chi connectivity index (χ0) is 18.5. The van der Waals surface area contributed by atoms with Crippen LogP contribution in [0, 0.1) is 59.2 Å². The van der Waals surface area contributed by atoms with Crippen molar-refractivity contribution in [2.75, 3.05) is 0 Å². The predicted molar refractivity (Wildman–Crippen MR) is 108 cm³/mol. The second-order valence-corrected chi connectivity index (χ2v) is 9.83. The molecular formula is C23H48. The highest BCUT2D eigenvalue weighted by atomic mass is 14.4. The second kappa shape index (κ2) is 10.1. The molecule has 0 bridgehead atoms. The van der Waals surface area contributed by atoms with Gasteiger partial charge in [0.05, 0.1) is 0 Å². The third-order valence-corrected chi connectivity index (χ3v) is 7.96. The van der Waals surface area contributed by atoms with Crippen molar-refractivity contribution in [2.45, 2.75) is 89.5 Å². The first-order valence-electron chi connectivity index (χ1n) is 10.4. The van der Waals surface area contributed by atoms with Crippen molar-refractivity contribution in [1.82, 2.24) is 0 Å². The molecule has 0 aromatic heterocycles. The number of hydrogen-bond donors (Lipinski definition) is 0. The van der Waals surface area contributed by atoms with E-state index < -0.39 is 0 Å². The van der Waals surface area contributed by atoms with E-state index in [9.17, 15) is 0 Å². The predicted octanol–water partition coefficient (Wildman–Crippen LogP) is 7.78. The van der Waals surface area contributed by atoms with Gasteiger partial charge in [-0.2, -0.15) is 0 Å². The SMILES string of the molecule is CC(C)C(C)C(C)C(C)CC(C)C(C)C(C)C(C)C(C)C(C)C. The van der Waals surface area contributed by atoms with Gasteiger partial charge < -0.3 is 0 Å². The minimum absolute atomic E-state index is 0.792. The molecule has 140 valence electrons. The summed E-state index contributed by atoms with van der Waals surface area (Å²) in [6, 6.07) is 0. The van der Waals surface area contributed by atoms with Crippen molar-refractivity contribution in [1.29, 1.82) is 0 Å². The van der Waals surface area contributed by atoms with Gasteiger partial charge in [0, 0.05) is 0 Å². The van der Waals surface area contributed by atoms with Crippen molar-refractivity contribution in [3.63, 3.8) is 0 Å². The lowest BCUT2D eigenvalue weighted by molar-refractivity contribution is 0.118. The van der Waals surface area contributed by atoms with Crippen LogP contribution < -0.4 is 0 Å². The molecule has 0 aromatic carbocycles. The standard InChI is InChI=1S/C23H48/c1-14(2)18(7)20(9)16(5)13-17(6)21(10)23(12)22(11)19(8)15(3)4/h14-23H,13H2,1-12H3. The van der Waals surface area contributed by atoms with Crippen molar-refractivity contribution < 1.29 is 0 Å². The Hall–Kier alpha value is 0. The van der Waals surface area contributed by atoms with Gasteiger partial charge in [0.1, 0.15) is 0 Å². The van der Waals surface area contributed by atoms with Crippen LogP contribution in [0.15, 0.2) is 0 Å². The maximum atomic E-state index is 2.50. The van der Waals surface area contributed by atoms with E-state index in [4.69, 9.17) is 0 Å². The van der Waals surface area contributed by atoms with E-state index in [1.165, 1.54) is 6.42 Å². The molecule has 0 rings (SSSR count). The summed E-state index contributed by atoms with van der Waals surface area (Å²) in [6.45, 7) is 29.3. The highest BCUT2D eigenvalue weighted by Crippen LogP contribution is 2.38. The summed E-state index contributed by atoms with van der Waals surface area (Å²) in [4.78, 5) is 0. The van der Waals surface area contributed by atoms with Gasteiger partial charge in [-0.1, -0.05) is 83.1 Å². The number of hydrogen-bond acceptors (Lipinski definition) is 0. The average molecular weight is 325 g/mol. The molecule has 0 saturated heterocycles. The van der Waals surface area contributed by atoms with Crippen LogP contribution in [0.5, 0.6) is 0 Å². The lowest BCUT2D eigenvalue weighted by atomic mass is 9.68. The Kier molecular flexibility index (Phi) is 10.1. The first-order valence-corrected chi connectivity index (χ1v) is 10.4. The van der Waals surface area contributed by atoms with Gasteiger partial charge in [-0.3, -0.25) is 0 Å². The van der Waals surface area contributed by atoms with Crippen molar-refractivity contribution in [3.8, 4) is 0 Å². The molecule has 0 fully saturated rings. The third kappa shape index (κ3) is 6.79. The Morgan fingerprint density at radius 3 is 0.957 bits per heavy atom. The van der Waals surface area contributed by atoms with Crippen LogP contribution in [0.1, 0.15) is 89.5 Å². The molecule has 0 radical (unpaired) electrons. The maximum absolute atomic E-state index is 2.50. The molecular weight excluding hydrogens is 276 g/mol. The Balaban J connectivity index is 4.68. The molecule has 0 N–H and O–H groups in total. The fourth-order valence-corrected chi connectivity index (χ4v) is 4.22. The van der Waals surface area contributed by atoms with E-state index >= 15 is 0 Å². The topological polar surface area (TPSA) is 0 Å². The Labute approximate surface area is 149 Å². The van der Waals surface area contributed by atoms with Gasteiger partial charge in [0.2, 0.25) is 0 Å². The normalized spacial score (nSPS) is 23.2. The van der Waals surface area contributed by atoms with E-state index in [1.807, 2.05) is 0 Å². The fraction of sp³-hybridized carbons (Fsp3) is 1.00. The summed E-state index contributed by atoms with van der Waals surface area (Å²) in [5, 5.41) is 0. The smallest absolute Gasteiger partial charge is 0.0386 e. The molecule has 0 heteroatoms. The maximum Gasteiger partial charge on any atom is -0.0386 e. The Morgan fingerprint density at radius 2 is 0.609 bits per heavy atom. The molecule has 0 nitrogen and oxygen atoms in total. The Bertz CT molecular complexity index is 303. The largest absolute Gasteiger partial charge is 0.0625 e. The molecule has 0 aliphatic carbocycles. The van der Waals surface area contributed by atoms with E-state index in [0.29, 0.717) is 0 Å². The molecule has 0 aliphatic rings. The Morgan fingerprint density at radius 1 is 0.348 bits per heavy atom. The highest BCUT2D eigenvalue weighted by molar-refractivity contribution is 4.79. The summed E-state index contributed by atoms with van der Waals surface area (Å²) in [7, 11) is 0. The zero-order valence-electron chi connectivity index (χ0n) is 18.5. The second-order valence-electron chi connectivity index (χ2n) is 9.83. The average Bonchev–Trinajstić information content (AvgIpc) is 2.49. The minimum atomic E-state index is 0.792. The van der Waals surface area contributed by atoms with Crippen molar-refractivity contribution in [3.05, 3.63) is 0 Å². The first kappa shape index (κ1) is 23.0. The van der Waals surface area contributed by atoms with E-state index in [2.05, 4.69) is 83.1 Å². The molecule has 0 aliphatic heterocycles. The van der Waals surface area contributed by atoms with Crippen LogP contribution in [0.4, 0.5) is 0 Å². The summed E-state index contributed by atoms with van der Waals surface area (Å²) in [5.41, 5.74) is 0. The van der Waals surface area contributed by atoms with E-state index in [1.54, 1.807) is 0 Å². The molecule has 0 heterocycles. The van der Waals surface area contributed by atoms with Crippen LogP contribution in [0.3, 0.4) is 0 Å². The monoisotopic (exact) mass is 324 g/mol. The summed E-state index contributed by atoms with van der Waals surface area (Å²) < 4.78 is 0. The third-order valence-electron chi connectivity index (χ3n) is 7.96. The van der Waals surface area contributed by atoms with Crippen LogP contribution in [0.2, 0.25) is 0 Å². The lowest BCUT2D eigenvalue weighted by Crippen LogP contribution is -2.30. The molecule has 0 aromatic rings. The van der Waals surface area contributed by atoms with Crippen molar-refractivity contribution >= 4 is 0 Å². The van der Waals surface area contributed by atoms with Gasteiger partial charge >= 0.3 is 0 Å². The fourth-order valence-electron chi connectivity index (χ4n) is 4.22. The molecule has 23 heavy (non-hydrogen) atoms. The van der Waals surface area contributed by atoms with Gasteiger partial charge in [-0.25, -0.2) is 0 Å². The van der Waals surface area contributed by atoms with Gasteiger partial charge in [0.25, 0.3) is 0 Å². The molecule has 0 spiro atoms. The first-order chi connectivity index (χ1) is 10.4. The van der Waals surface area contributed by atoms with Crippen LogP contribution in [-0.2, 0) is 0 Å². The summed E-state index contributed by atoms with van der Waals surface area (Å²) >= 11 is 0. The zero-order valence-corrected chi connectivity index (χ0v) is 18.5. The van der Waals surface area contributed by atoms with E-state index in [0.717, 1.165) is 59.2 Å². The van der Waals surface area contributed by atoms with Crippen LogP contribution in [0.25, 0.3) is 0 Å². The molecule has 0 saturated carbocycles. The van der Waals surface area contributed by atoms with Gasteiger partial charge in [-0.15, -0.1) is 0 Å². The van der Waals surface area contributed by atoms with Crippen LogP contribution in [-0.4, -0.2) is 0 Å². The summed E-state index contributed by atoms with van der Waals surface area (Å²) in [6.07, 6.45) is 1.38. The lowest BCUT2D eigenvalue weighted by Gasteiger charge is -2.37. The summed E-state index contributed by atoms with van der Waals surface area (Å²) in [5.74, 6) is 8.15. The highest BCUT2D eigenvalue weighted by Gasteiger charge is 2.30. The molecule has 0 amide bonds. The minimum Gasteiger partial charge on any atom is -0.0625 e. The van der Waals surface area contributed by atoms with Gasteiger partial charge in [-0.05, 0) is 65.6 Å². The molecule has 8 unspecified atom stereocenters. The van der Waals surface area contributed by atoms with E-state index in [-0.39, 0.29) is 0 Å². The molecule has 8 atom stereocenters. The number of rotatable bonds is 10. The van der Waals surface area contributed by atoms with Crippen molar-refractivity contribution in [2.24, 2.45) is 59.2 Å².